The molecule has 5 fully saturated rings. The summed E-state index contributed by atoms with van der Waals surface area (Å²) in [5.41, 5.74) is 0. The number of carbonyl (C=O) groups is 2. The Kier molecular flexibility index (Phi) is 2.24. The molecule has 20 heavy (non-hydrogen) atoms. The van der Waals surface area contributed by atoms with Crippen molar-refractivity contribution in [2.24, 2.45) is 17.8 Å². The molecule has 0 aromatic rings. The van der Waals surface area contributed by atoms with E-state index in [2.05, 4.69) is 0 Å². The van der Waals surface area contributed by atoms with E-state index in [9.17, 15) is 9.59 Å². The van der Waals surface area contributed by atoms with Gasteiger partial charge in [-0.3, -0.25) is 14.5 Å². The van der Waals surface area contributed by atoms with Crippen LogP contribution in [0.2, 0.25) is 0 Å². The number of nitrogens with zero attached hydrogens (tertiary/aromatic N) is 1. The topological polar surface area (TPSA) is 55.8 Å². The summed E-state index contributed by atoms with van der Waals surface area (Å²) < 4.78 is 11.6. The molecule has 0 radical (unpaired) electrons. The van der Waals surface area contributed by atoms with Crippen LogP contribution in [-0.2, 0) is 19.1 Å². The standard InChI is InChI=1S/C15H19NO4/c17-14-12-10-3-4-11(20-10)13(12)15(18)16(14)6-7-5-8-1-2-9(7)19-8/h7-13H,1-6H2/t7-,8+,9-,10-,11+,12-,13+/m0/s1. The Morgan fingerprint density at radius 1 is 0.900 bits per heavy atom. The van der Waals surface area contributed by atoms with Gasteiger partial charge in [0.25, 0.3) is 0 Å². The number of likely N-dealkylation sites (tertiary alicyclic amines) is 1. The SMILES string of the molecule is O=C1[C@@H]2[C@H](C(=O)N1C[C@@H]1C[C@H]3CC[C@@H]1O3)[C@H]1CC[C@@H]2O1. The summed E-state index contributed by atoms with van der Waals surface area (Å²) in [7, 11) is 0. The molecule has 2 amide bonds. The van der Waals surface area contributed by atoms with Crippen LogP contribution >= 0.6 is 0 Å². The molecule has 0 aromatic heterocycles. The van der Waals surface area contributed by atoms with E-state index in [0.29, 0.717) is 18.6 Å². The summed E-state index contributed by atoms with van der Waals surface area (Å²) in [5, 5.41) is 0. The summed E-state index contributed by atoms with van der Waals surface area (Å²) in [6.45, 7) is 0.575. The monoisotopic (exact) mass is 277 g/mol. The normalized spacial score (nSPS) is 52.4. The van der Waals surface area contributed by atoms with Crippen LogP contribution in [0.25, 0.3) is 0 Å². The molecule has 5 saturated heterocycles. The zero-order chi connectivity index (χ0) is 13.4. The summed E-state index contributed by atoms with van der Waals surface area (Å²) in [4.78, 5) is 26.7. The smallest absolute Gasteiger partial charge is 0.235 e. The van der Waals surface area contributed by atoms with Crippen LogP contribution in [0.5, 0.6) is 0 Å². The van der Waals surface area contributed by atoms with Crippen LogP contribution in [0.15, 0.2) is 0 Å². The van der Waals surface area contributed by atoms with Gasteiger partial charge in [-0.2, -0.15) is 0 Å². The molecule has 5 rings (SSSR count). The van der Waals surface area contributed by atoms with E-state index in [1.807, 2.05) is 0 Å². The molecular formula is C15H19NO4. The summed E-state index contributed by atoms with van der Waals surface area (Å²) in [5.74, 6) is 0.0468. The van der Waals surface area contributed by atoms with Crippen LogP contribution in [0.4, 0.5) is 0 Å². The lowest BCUT2D eigenvalue weighted by atomic mass is 9.81. The maximum Gasteiger partial charge on any atom is 0.235 e. The number of rotatable bonds is 2. The molecule has 5 aliphatic rings. The minimum absolute atomic E-state index is 0.00253. The van der Waals surface area contributed by atoms with Gasteiger partial charge in [-0.25, -0.2) is 0 Å². The molecular weight excluding hydrogens is 258 g/mol. The number of amides is 2. The Morgan fingerprint density at radius 3 is 2.10 bits per heavy atom. The van der Waals surface area contributed by atoms with Gasteiger partial charge < -0.3 is 9.47 Å². The molecule has 0 aliphatic carbocycles. The second-order valence-corrected chi connectivity index (χ2v) is 7.00. The van der Waals surface area contributed by atoms with Gasteiger partial charge in [-0.05, 0) is 32.1 Å². The van der Waals surface area contributed by atoms with Crippen molar-refractivity contribution in [1.29, 1.82) is 0 Å². The summed E-state index contributed by atoms with van der Waals surface area (Å²) >= 11 is 0. The highest BCUT2D eigenvalue weighted by Crippen LogP contribution is 2.49. The van der Waals surface area contributed by atoms with E-state index in [-0.39, 0.29) is 42.0 Å². The number of imide groups is 1. The predicted octanol–water partition coefficient (Wildman–Crippen LogP) is 0.716. The fraction of sp³-hybridized carbons (Fsp3) is 0.867. The van der Waals surface area contributed by atoms with Crippen molar-refractivity contribution in [3.05, 3.63) is 0 Å². The number of carbonyl (C=O) groups excluding carboxylic acids is 2. The fourth-order valence-electron chi connectivity index (χ4n) is 5.12. The molecule has 0 saturated carbocycles. The Hall–Kier alpha value is -0.940. The second kappa shape index (κ2) is 3.83. The number of fused-ring (bicyclic) bond motifs is 7. The Morgan fingerprint density at radius 2 is 1.55 bits per heavy atom. The van der Waals surface area contributed by atoms with Crippen LogP contribution in [0.1, 0.15) is 32.1 Å². The molecule has 0 unspecified atom stereocenters. The number of hydrogen-bond acceptors (Lipinski definition) is 4. The van der Waals surface area contributed by atoms with Crippen LogP contribution in [-0.4, -0.2) is 47.7 Å². The van der Waals surface area contributed by atoms with Gasteiger partial charge in [0, 0.05) is 12.5 Å². The van der Waals surface area contributed by atoms with Gasteiger partial charge in [0.05, 0.1) is 36.3 Å². The van der Waals surface area contributed by atoms with Gasteiger partial charge in [-0.15, -0.1) is 0 Å². The van der Waals surface area contributed by atoms with Gasteiger partial charge in [0.15, 0.2) is 0 Å². The first-order valence-electron chi connectivity index (χ1n) is 7.88. The predicted molar refractivity (Wildman–Crippen MR) is 67.6 cm³/mol. The quantitative estimate of drug-likeness (QED) is 0.698. The highest BCUT2D eigenvalue weighted by atomic mass is 16.5. The number of hydrogen-bond donors (Lipinski definition) is 0. The van der Waals surface area contributed by atoms with Crippen LogP contribution in [0.3, 0.4) is 0 Å². The summed E-state index contributed by atoms with van der Waals surface area (Å²) in [6, 6.07) is 0. The second-order valence-electron chi connectivity index (χ2n) is 7.00. The molecule has 4 bridgehead atoms. The molecule has 7 atom stereocenters. The Bertz CT molecular complexity index is 464. The zero-order valence-electron chi connectivity index (χ0n) is 11.4. The molecule has 0 N–H and O–H groups in total. The minimum Gasteiger partial charge on any atom is -0.375 e. The first-order valence-corrected chi connectivity index (χ1v) is 7.88. The van der Waals surface area contributed by atoms with E-state index in [1.54, 1.807) is 0 Å². The first-order chi connectivity index (χ1) is 9.72. The van der Waals surface area contributed by atoms with Gasteiger partial charge >= 0.3 is 0 Å². The molecule has 5 heteroatoms. The lowest BCUT2D eigenvalue weighted by Crippen LogP contribution is -2.40. The maximum absolute atomic E-state index is 12.6. The van der Waals surface area contributed by atoms with Crippen molar-refractivity contribution in [3.8, 4) is 0 Å². The molecule has 0 aromatic carbocycles. The lowest BCUT2D eigenvalue weighted by Gasteiger charge is -2.25. The molecule has 108 valence electrons. The van der Waals surface area contributed by atoms with Crippen molar-refractivity contribution in [2.75, 3.05) is 6.54 Å². The summed E-state index contributed by atoms with van der Waals surface area (Å²) in [6.07, 6.45) is 5.78. The molecule has 0 spiro atoms. The fourth-order valence-corrected chi connectivity index (χ4v) is 5.12. The maximum atomic E-state index is 12.6. The third-order valence-corrected chi connectivity index (χ3v) is 6.02. The third-order valence-electron chi connectivity index (χ3n) is 6.02. The molecule has 5 aliphatic heterocycles. The van der Waals surface area contributed by atoms with E-state index in [1.165, 1.54) is 4.90 Å². The van der Waals surface area contributed by atoms with Crippen molar-refractivity contribution in [2.45, 2.75) is 56.5 Å². The Labute approximate surface area is 117 Å². The van der Waals surface area contributed by atoms with Gasteiger partial charge in [-0.1, -0.05) is 0 Å². The van der Waals surface area contributed by atoms with E-state index in [0.717, 1.165) is 32.1 Å². The van der Waals surface area contributed by atoms with Crippen molar-refractivity contribution in [3.63, 3.8) is 0 Å². The highest BCUT2D eigenvalue weighted by molar-refractivity contribution is 6.06. The largest absolute Gasteiger partial charge is 0.375 e. The van der Waals surface area contributed by atoms with Crippen molar-refractivity contribution >= 4 is 11.8 Å². The minimum atomic E-state index is -0.180. The van der Waals surface area contributed by atoms with Gasteiger partial charge in [0.2, 0.25) is 11.8 Å². The molecule has 5 heterocycles. The third kappa shape index (κ3) is 1.35. The highest BCUT2D eigenvalue weighted by Gasteiger charge is 2.62. The molecule has 5 nitrogen and oxygen atoms in total. The lowest BCUT2D eigenvalue weighted by molar-refractivity contribution is -0.143. The number of ether oxygens (including phenoxy) is 2. The van der Waals surface area contributed by atoms with E-state index >= 15 is 0 Å². The van der Waals surface area contributed by atoms with E-state index < -0.39 is 0 Å². The average molecular weight is 277 g/mol. The van der Waals surface area contributed by atoms with Crippen molar-refractivity contribution in [1.82, 2.24) is 4.90 Å². The zero-order valence-corrected chi connectivity index (χ0v) is 11.4. The Balaban J connectivity index is 1.37. The van der Waals surface area contributed by atoms with Crippen LogP contribution in [0, 0.1) is 17.8 Å². The van der Waals surface area contributed by atoms with Gasteiger partial charge in [0.1, 0.15) is 0 Å². The average Bonchev–Trinajstić information content (AvgIpc) is 3.21. The van der Waals surface area contributed by atoms with Crippen molar-refractivity contribution < 1.29 is 19.1 Å². The van der Waals surface area contributed by atoms with Crippen LogP contribution < -0.4 is 0 Å². The first kappa shape index (κ1) is 11.7. The van der Waals surface area contributed by atoms with E-state index in [4.69, 9.17) is 9.47 Å².